The Morgan fingerprint density at radius 3 is 2.27 bits per heavy atom. The van der Waals surface area contributed by atoms with Gasteiger partial charge in [-0.1, -0.05) is 18.2 Å². The minimum absolute atomic E-state index is 0.103. The van der Waals surface area contributed by atoms with E-state index in [1.807, 2.05) is 45.0 Å². The summed E-state index contributed by atoms with van der Waals surface area (Å²) in [5, 5.41) is 2.91. The molecule has 26 heavy (non-hydrogen) atoms. The zero-order valence-corrected chi connectivity index (χ0v) is 16.1. The van der Waals surface area contributed by atoms with Gasteiger partial charge in [0.1, 0.15) is 5.75 Å². The van der Waals surface area contributed by atoms with E-state index in [4.69, 9.17) is 4.74 Å². The van der Waals surface area contributed by atoms with Crippen molar-refractivity contribution in [3.05, 3.63) is 59.7 Å². The number of carbonyl (C=O) groups excluding carboxylic acids is 1. The fraction of sp³-hybridized carbons (Fsp3) is 0.316. The van der Waals surface area contributed by atoms with E-state index in [0.29, 0.717) is 11.3 Å². The smallest absolute Gasteiger partial charge is 0.251 e. The maximum Gasteiger partial charge on any atom is 0.251 e. The van der Waals surface area contributed by atoms with Gasteiger partial charge in [0.15, 0.2) is 0 Å². The number of nitrogens with one attached hydrogen (secondary N) is 2. The van der Waals surface area contributed by atoms with Gasteiger partial charge in [-0.05, 0) is 56.7 Å². The highest BCUT2D eigenvalue weighted by atomic mass is 32.2. The Morgan fingerprint density at radius 1 is 1.04 bits per heavy atom. The summed E-state index contributed by atoms with van der Waals surface area (Å²) >= 11 is 0. The van der Waals surface area contributed by atoms with Crippen molar-refractivity contribution in [1.29, 1.82) is 0 Å². The summed E-state index contributed by atoms with van der Waals surface area (Å²) in [6.07, 6.45) is 1.17. The molecular weight excluding hydrogens is 352 g/mol. The van der Waals surface area contributed by atoms with E-state index in [-0.39, 0.29) is 18.1 Å². The zero-order chi connectivity index (χ0) is 19.3. The highest BCUT2D eigenvalue weighted by Crippen LogP contribution is 2.19. The fourth-order valence-electron chi connectivity index (χ4n) is 2.41. The molecule has 1 atom stereocenters. The predicted molar refractivity (Wildman–Crippen MR) is 103 cm³/mol. The first-order chi connectivity index (χ1) is 12.1. The number of sulfonamides is 1. The molecule has 0 aliphatic heterocycles. The summed E-state index contributed by atoms with van der Waals surface area (Å²) in [6.45, 7) is 5.81. The van der Waals surface area contributed by atoms with E-state index in [1.165, 1.54) is 6.07 Å². The van der Waals surface area contributed by atoms with Crippen LogP contribution in [0.3, 0.4) is 0 Å². The normalized spacial score (nSPS) is 12.5. The summed E-state index contributed by atoms with van der Waals surface area (Å²) in [5.41, 5.74) is 1.67. The number of benzene rings is 2. The molecule has 6 nitrogen and oxygen atoms in total. The van der Waals surface area contributed by atoms with Crippen molar-refractivity contribution in [1.82, 2.24) is 5.32 Å². The first kappa shape index (κ1) is 19.8. The lowest BCUT2D eigenvalue weighted by Gasteiger charge is -2.16. The van der Waals surface area contributed by atoms with Crippen molar-refractivity contribution in [2.45, 2.75) is 32.9 Å². The van der Waals surface area contributed by atoms with E-state index in [0.717, 1.165) is 17.6 Å². The van der Waals surface area contributed by atoms with Gasteiger partial charge in [-0.2, -0.15) is 0 Å². The molecule has 0 bridgehead atoms. The van der Waals surface area contributed by atoms with Crippen molar-refractivity contribution in [3.63, 3.8) is 0 Å². The third-order valence-corrected chi connectivity index (χ3v) is 4.13. The summed E-state index contributed by atoms with van der Waals surface area (Å²) in [7, 11) is -3.39. The van der Waals surface area contributed by atoms with Crippen LogP contribution >= 0.6 is 0 Å². The van der Waals surface area contributed by atoms with E-state index >= 15 is 0 Å². The minimum Gasteiger partial charge on any atom is -0.491 e. The van der Waals surface area contributed by atoms with Gasteiger partial charge in [0.2, 0.25) is 10.0 Å². The molecule has 0 saturated carbocycles. The van der Waals surface area contributed by atoms with Crippen LogP contribution in [0.2, 0.25) is 0 Å². The molecule has 1 unspecified atom stereocenters. The van der Waals surface area contributed by atoms with Crippen LogP contribution in [-0.4, -0.2) is 26.7 Å². The Labute approximate surface area is 154 Å². The molecule has 0 fully saturated rings. The van der Waals surface area contributed by atoms with Crippen LogP contribution in [0.1, 0.15) is 42.7 Å². The summed E-state index contributed by atoms with van der Waals surface area (Å²) in [4.78, 5) is 12.4. The van der Waals surface area contributed by atoms with Gasteiger partial charge in [-0.15, -0.1) is 0 Å². The molecule has 0 aromatic heterocycles. The van der Waals surface area contributed by atoms with Crippen LogP contribution in [-0.2, 0) is 10.0 Å². The Hall–Kier alpha value is -2.54. The van der Waals surface area contributed by atoms with E-state index in [9.17, 15) is 13.2 Å². The Bertz CT molecular complexity index is 861. The second-order valence-corrected chi connectivity index (χ2v) is 8.13. The van der Waals surface area contributed by atoms with E-state index in [2.05, 4.69) is 10.0 Å². The van der Waals surface area contributed by atoms with E-state index < -0.39 is 10.0 Å². The summed E-state index contributed by atoms with van der Waals surface area (Å²) in [5.74, 6) is 0.499. The van der Waals surface area contributed by atoms with Gasteiger partial charge in [0, 0.05) is 11.3 Å². The van der Waals surface area contributed by atoms with Crippen LogP contribution in [0, 0.1) is 0 Å². The molecule has 0 spiro atoms. The molecule has 7 heteroatoms. The summed E-state index contributed by atoms with van der Waals surface area (Å²) < 4.78 is 30.6. The Balaban J connectivity index is 2.06. The quantitative estimate of drug-likeness (QED) is 0.776. The topological polar surface area (TPSA) is 84.5 Å². The number of amides is 1. The summed E-state index contributed by atoms with van der Waals surface area (Å²) in [6, 6.07) is 13.7. The highest BCUT2D eigenvalue weighted by Gasteiger charge is 2.13. The molecule has 1 amide bonds. The SMILES string of the molecule is CC(C)Oc1ccc(C(C)NC(=O)c2cccc(NS(C)(=O)=O)c2)cc1. The second-order valence-electron chi connectivity index (χ2n) is 6.39. The first-order valence-corrected chi connectivity index (χ1v) is 10.2. The van der Waals surface area contributed by atoms with Crippen LogP contribution in [0.4, 0.5) is 5.69 Å². The number of rotatable bonds is 7. The van der Waals surface area contributed by atoms with Crippen LogP contribution in [0.25, 0.3) is 0 Å². The first-order valence-electron chi connectivity index (χ1n) is 8.29. The fourth-order valence-corrected chi connectivity index (χ4v) is 2.96. The lowest BCUT2D eigenvalue weighted by atomic mass is 10.1. The van der Waals surface area contributed by atoms with Crippen molar-refractivity contribution in [2.75, 3.05) is 11.0 Å². The zero-order valence-electron chi connectivity index (χ0n) is 15.3. The largest absolute Gasteiger partial charge is 0.491 e. The molecule has 2 rings (SSSR count). The molecule has 0 heterocycles. The highest BCUT2D eigenvalue weighted by molar-refractivity contribution is 7.92. The van der Waals surface area contributed by atoms with Crippen molar-refractivity contribution in [3.8, 4) is 5.75 Å². The number of hydrogen-bond donors (Lipinski definition) is 2. The third-order valence-electron chi connectivity index (χ3n) is 3.53. The Kier molecular flexibility index (Phi) is 6.26. The second kappa shape index (κ2) is 8.23. The van der Waals surface area contributed by atoms with Crippen LogP contribution in [0.15, 0.2) is 48.5 Å². The van der Waals surface area contributed by atoms with Gasteiger partial charge in [0.25, 0.3) is 5.91 Å². The van der Waals surface area contributed by atoms with Crippen LogP contribution < -0.4 is 14.8 Å². The molecule has 140 valence electrons. The van der Waals surface area contributed by atoms with Crippen molar-refractivity contribution >= 4 is 21.6 Å². The molecular formula is C19H24N2O4S. The molecule has 0 radical (unpaired) electrons. The molecule has 0 aliphatic carbocycles. The van der Waals surface area contributed by atoms with Gasteiger partial charge < -0.3 is 10.1 Å². The third kappa shape index (κ3) is 6.07. The van der Waals surface area contributed by atoms with Gasteiger partial charge >= 0.3 is 0 Å². The molecule has 0 aliphatic rings. The maximum absolute atomic E-state index is 12.4. The standard InChI is InChI=1S/C19H24N2O4S/c1-13(2)25-18-10-8-15(9-11-18)14(3)20-19(22)16-6-5-7-17(12-16)21-26(4,23)24/h5-14,21H,1-4H3,(H,20,22). The lowest BCUT2D eigenvalue weighted by molar-refractivity contribution is 0.0940. The predicted octanol–water partition coefficient (Wildman–Crippen LogP) is 3.34. The minimum atomic E-state index is -3.39. The number of carbonyl (C=O) groups is 1. The lowest BCUT2D eigenvalue weighted by Crippen LogP contribution is -2.26. The van der Waals surface area contributed by atoms with E-state index in [1.54, 1.807) is 18.2 Å². The number of ether oxygens (including phenoxy) is 1. The van der Waals surface area contributed by atoms with Crippen molar-refractivity contribution in [2.24, 2.45) is 0 Å². The van der Waals surface area contributed by atoms with Gasteiger partial charge in [-0.25, -0.2) is 8.42 Å². The maximum atomic E-state index is 12.4. The molecule has 0 saturated heterocycles. The molecule has 2 aromatic rings. The average Bonchev–Trinajstić information content (AvgIpc) is 2.53. The van der Waals surface area contributed by atoms with Crippen molar-refractivity contribution < 1.29 is 17.9 Å². The average molecular weight is 376 g/mol. The van der Waals surface area contributed by atoms with Gasteiger partial charge in [0.05, 0.1) is 18.4 Å². The number of hydrogen-bond acceptors (Lipinski definition) is 4. The van der Waals surface area contributed by atoms with Crippen LogP contribution in [0.5, 0.6) is 5.75 Å². The number of anilines is 1. The molecule has 2 aromatic carbocycles. The Morgan fingerprint density at radius 2 is 1.69 bits per heavy atom. The monoisotopic (exact) mass is 376 g/mol. The van der Waals surface area contributed by atoms with Gasteiger partial charge in [-0.3, -0.25) is 9.52 Å². The molecule has 2 N–H and O–H groups in total.